The van der Waals surface area contributed by atoms with E-state index in [0.717, 1.165) is 0 Å². The summed E-state index contributed by atoms with van der Waals surface area (Å²) in [6.07, 6.45) is 2.04. The van der Waals surface area contributed by atoms with Crippen LogP contribution in [0.15, 0.2) is 4.99 Å². The highest BCUT2D eigenvalue weighted by Gasteiger charge is 2.16. The lowest BCUT2D eigenvalue weighted by molar-refractivity contribution is -0.139. The van der Waals surface area contributed by atoms with Crippen LogP contribution in [-0.4, -0.2) is 30.0 Å². The van der Waals surface area contributed by atoms with Gasteiger partial charge in [0.2, 0.25) is 0 Å². The van der Waals surface area contributed by atoms with Crippen molar-refractivity contribution >= 4 is 12.3 Å². The van der Waals surface area contributed by atoms with Crippen LogP contribution in [0.1, 0.15) is 6.42 Å². The van der Waals surface area contributed by atoms with Crippen LogP contribution >= 0.6 is 0 Å². The van der Waals surface area contributed by atoms with Gasteiger partial charge in [-0.05, 0) is 6.42 Å². The van der Waals surface area contributed by atoms with E-state index in [1.54, 1.807) is 0 Å². The highest BCUT2D eigenvalue weighted by molar-refractivity contribution is 5.77. The molecule has 1 rings (SSSR count). The van der Waals surface area contributed by atoms with E-state index < -0.39 is 12.0 Å². The van der Waals surface area contributed by atoms with E-state index in [1.807, 2.05) is 0 Å². The lowest BCUT2D eigenvalue weighted by atomic mass is 10.2. The SMILES string of the molecule is O=C(O)[C@@H]1CCN=CN1. The molecule has 4 heteroatoms. The number of carboxylic acid groups (broad SMARTS) is 1. The van der Waals surface area contributed by atoms with E-state index in [4.69, 9.17) is 5.11 Å². The maximum absolute atomic E-state index is 10.2. The first-order chi connectivity index (χ1) is 4.30. The van der Waals surface area contributed by atoms with Crippen molar-refractivity contribution in [1.29, 1.82) is 0 Å². The second-order valence-corrected chi connectivity index (χ2v) is 1.88. The molecule has 1 aliphatic rings. The third-order valence-corrected chi connectivity index (χ3v) is 1.21. The highest BCUT2D eigenvalue weighted by Crippen LogP contribution is 1.95. The molecule has 50 valence electrons. The number of aliphatic imine (C=N–C) groups is 1. The summed E-state index contributed by atoms with van der Waals surface area (Å²) in [6.45, 7) is 0.615. The third-order valence-electron chi connectivity index (χ3n) is 1.21. The Bertz CT molecular complexity index is 144. The first-order valence-electron chi connectivity index (χ1n) is 2.78. The fourth-order valence-corrected chi connectivity index (χ4v) is 0.689. The summed E-state index contributed by atoms with van der Waals surface area (Å²) in [6, 6.07) is -0.428. The van der Waals surface area contributed by atoms with Gasteiger partial charge < -0.3 is 10.4 Å². The van der Waals surface area contributed by atoms with Crippen LogP contribution in [0.5, 0.6) is 0 Å². The van der Waals surface area contributed by atoms with Crippen LogP contribution in [0.25, 0.3) is 0 Å². The smallest absolute Gasteiger partial charge is 0.326 e. The minimum absolute atomic E-state index is 0.428. The number of aliphatic carboxylic acids is 1. The van der Waals surface area contributed by atoms with Crippen molar-refractivity contribution in [2.75, 3.05) is 6.54 Å². The maximum Gasteiger partial charge on any atom is 0.326 e. The number of nitrogens with zero attached hydrogens (tertiary/aromatic N) is 1. The van der Waals surface area contributed by atoms with E-state index in [2.05, 4.69) is 10.3 Å². The zero-order valence-corrected chi connectivity index (χ0v) is 4.87. The summed E-state index contributed by atoms with van der Waals surface area (Å²) in [5, 5.41) is 11.0. The Hall–Kier alpha value is -1.06. The molecule has 0 bridgehead atoms. The molecule has 1 aliphatic heterocycles. The minimum atomic E-state index is -0.804. The van der Waals surface area contributed by atoms with E-state index in [9.17, 15) is 4.79 Å². The van der Waals surface area contributed by atoms with Gasteiger partial charge in [0.15, 0.2) is 0 Å². The molecule has 0 aliphatic carbocycles. The van der Waals surface area contributed by atoms with Crippen LogP contribution < -0.4 is 5.32 Å². The van der Waals surface area contributed by atoms with Gasteiger partial charge in [-0.2, -0.15) is 0 Å². The Morgan fingerprint density at radius 3 is 3.00 bits per heavy atom. The summed E-state index contributed by atoms with van der Waals surface area (Å²) < 4.78 is 0. The molecule has 0 saturated carbocycles. The zero-order chi connectivity index (χ0) is 6.69. The van der Waals surface area contributed by atoms with E-state index in [-0.39, 0.29) is 0 Å². The summed E-state index contributed by atoms with van der Waals surface area (Å²) in [7, 11) is 0. The monoisotopic (exact) mass is 128 g/mol. The molecule has 1 atom stereocenters. The molecule has 1 heterocycles. The number of carbonyl (C=O) groups is 1. The Kier molecular flexibility index (Phi) is 1.67. The molecule has 0 aromatic carbocycles. The number of rotatable bonds is 1. The second kappa shape index (κ2) is 2.48. The average Bonchev–Trinajstić information content (AvgIpc) is 1.90. The van der Waals surface area contributed by atoms with Crippen LogP contribution in [0.2, 0.25) is 0 Å². The molecule has 0 fully saturated rings. The molecule has 0 spiro atoms. The van der Waals surface area contributed by atoms with E-state index in [0.29, 0.717) is 13.0 Å². The van der Waals surface area contributed by atoms with Gasteiger partial charge in [-0.3, -0.25) is 4.99 Å². The summed E-state index contributed by atoms with van der Waals surface area (Å²) in [4.78, 5) is 14.0. The normalized spacial score (nSPS) is 25.1. The largest absolute Gasteiger partial charge is 0.480 e. The van der Waals surface area contributed by atoms with Gasteiger partial charge >= 0.3 is 5.97 Å². The summed E-state index contributed by atoms with van der Waals surface area (Å²) in [5.41, 5.74) is 0. The molecule has 9 heavy (non-hydrogen) atoms. The predicted molar refractivity (Wildman–Crippen MR) is 32.5 cm³/mol. The minimum Gasteiger partial charge on any atom is -0.480 e. The van der Waals surface area contributed by atoms with Gasteiger partial charge in [0.25, 0.3) is 0 Å². The van der Waals surface area contributed by atoms with Crippen molar-refractivity contribution in [3.8, 4) is 0 Å². The molecule has 4 nitrogen and oxygen atoms in total. The van der Waals surface area contributed by atoms with Gasteiger partial charge in [-0.1, -0.05) is 0 Å². The van der Waals surface area contributed by atoms with Crippen molar-refractivity contribution in [2.45, 2.75) is 12.5 Å². The molecule has 0 unspecified atom stereocenters. The molecule has 0 amide bonds. The lowest BCUT2D eigenvalue weighted by Crippen LogP contribution is -2.38. The van der Waals surface area contributed by atoms with Gasteiger partial charge in [0, 0.05) is 6.54 Å². The number of nitrogens with one attached hydrogen (secondary N) is 1. The molecular formula is C5H8N2O2. The van der Waals surface area contributed by atoms with Crippen molar-refractivity contribution < 1.29 is 9.90 Å². The van der Waals surface area contributed by atoms with Gasteiger partial charge in [-0.25, -0.2) is 4.79 Å². The van der Waals surface area contributed by atoms with Crippen molar-refractivity contribution in [3.63, 3.8) is 0 Å². The molecule has 0 aromatic rings. The molecule has 0 aromatic heterocycles. The van der Waals surface area contributed by atoms with Crippen molar-refractivity contribution in [3.05, 3.63) is 0 Å². The molecule has 0 saturated heterocycles. The number of hydrogen-bond donors (Lipinski definition) is 2. The van der Waals surface area contributed by atoms with Crippen LogP contribution in [0, 0.1) is 0 Å². The molecule has 0 radical (unpaired) electrons. The molecular weight excluding hydrogens is 120 g/mol. The maximum atomic E-state index is 10.2. The topological polar surface area (TPSA) is 61.7 Å². The average molecular weight is 128 g/mol. The van der Waals surface area contributed by atoms with Crippen molar-refractivity contribution in [2.24, 2.45) is 4.99 Å². The highest BCUT2D eigenvalue weighted by atomic mass is 16.4. The summed E-state index contributed by atoms with van der Waals surface area (Å²) in [5.74, 6) is -0.804. The first kappa shape index (κ1) is 6.07. The zero-order valence-electron chi connectivity index (χ0n) is 4.87. The number of carboxylic acids is 1. The van der Waals surface area contributed by atoms with Gasteiger partial charge in [-0.15, -0.1) is 0 Å². The fraction of sp³-hybridized carbons (Fsp3) is 0.600. The first-order valence-corrected chi connectivity index (χ1v) is 2.78. The Morgan fingerprint density at radius 1 is 1.89 bits per heavy atom. The van der Waals surface area contributed by atoms with Gasteiger partial charge in [0.1, 0.15) is 6.04 Å². The van der Waals surface area contributed by atoms with Gasteiger partial charge in [0.05, 0.1) is 6.34 Å². The van der Waals surface area contributed by atoms with Crippen LogP contribution in [0.4, 0.5) is 0 Å². The van der Waals surface area contributed by atoms with E-state index in [1.165, 1.54) is 6.34 Å². The Morgan fingerprint density at radius 2 is 2.67 bits per heavy atom. The fourth-order valence-electron chi connectivity index (χ4n) is 0.689. The number of hydrogen-bond acceptors (Lipinski definition) is 3. The Balaban J connectivity index is 2.44. The van der Waals surface area contributed by atoms with E-state index >= 15 is 0 Å². The third kappa shape index (κ3) is 1.42. The predicted octanol–water partition coefficient (Wildman–Crippen LogP) is -0.539. The second-order valence-electron chi connectivity index (χ2n) is 1.88. The van der Waals surface area contributed by atoms with Crippen LogP contribution in [-0.2, 0) is 4.79 Å². The standard InChI is InChI=1S/C5H8N2O2/c8-5(9)4-1-2-6-3-7-4/h3-4H,1-2H2,(H,6,7)(H,8,9)/t4-/m0/s1. The van der Waals surface area contributed by atoms with Crippen molar-refractivity contribution in [1.82, 2.24) is 5.32 Å². The lowest BCUT2D eigenvalue weighted by Gasteiger charge is -2.13. The Labute approximate surface area is 52.6 Å². The molecule has 2 N–H and O–H groups in total. The quantitative estimate of drug-likeness (QED) is 0.498. The summed E-state index contributed by atoms with van der Waals surface area (Å²) >= 11 is 0. The van der Waals surface area contributed by atoms with Crippen LogP contribution in [0.3, 0.4) is 0 Å².